The van der Waals surface area contributed by atoms with Gasteiger partial charge in [-0.3, -0.25) is 4.79 Å². The summed E-state index contributed by atoms with van der Waals surface area (Å²) in [6.45, 7) is 4.65. The molecule has 1 fully saturated rings. The minimum Gasteiger partial charge on any atom is -0.322 e. The summed E-state index contributed by atoms with van der Waals surface area (Å²) in [6.07, 6.45) is 0. The van der Waals surface area contributed by atoms with Crippen LogP contribution >= 0.6 is 11.6 Å². The van der Waals surface area contributed by atoms with E-state index in [-0.39, 0.29) is 18.1 Å². The molecular weight excluding hydrogens is 360 g/mol. The van der Waals surface area contributed by atoms with E-state index < -0.39 is 11.6 Å². The van der Waals surface area contributed by atoms with Crippen molar-refractivity contribution in [1.29, 1.82) is 0 Å². The van der Waals surface area contributed by atoms with Gasteiger partial charge in [0.25, 0.3) is 5.91 Å². The molecule has 2 aromatic rings. The number of para-hydroxylation sites is 1. The van der Waals surface area contributed by atoms with E-state index in [0.29, 0.717) is 0 Å². The summed E-state index contributed by atoms with van der Waals surface area (Å²) in [4.78, 5) is 14.7. The van der Waals surface area contributed by atoms with E-state index in [1.807, 2.05) is 18.2 Å². The Hall–Kier alpha value is -2.02. The fourth-order valence-corrected chi connectivity index (χ4v) is 3.49. The Morgan fingerprint density at radius 2 is 1.62 bits per heavy atom. The molecule has 2 aromatic carbocycles. The summed E-state index contributed by atoms with van der Waals surface area (Å²) in [7, 11) is 0. The Balaban J connectivity index is 1.47. The van der Waals surface area contributed by atoms with Gasteiger partial charge in [-0.2, -0.15) is 0 Å². The zero-order chi connectivity index (χ0) is 18.5. The van der Waals surface area contributed by atoms with Crippen molar-refractivity contribution >= 4 is 23.2 Å². The first kappa shape index (κ1) is 18.8. The van der Waals surface area contributed by atoms with Crippen molar-refractivity contribution in [2.45, 2.75) is 6.54 Å². The van der Waals surface area contributed by atoms with Crippen molar-refractivity contribution in [3.8, 4) is 0 Å². The second-order valence-corrected chi connectivity index (χ2v) is 7.06. The average Bonchev–Trinajstić information content (AvgIpc) is 2.60. The van der Waals surface area contributed by atoms with Crippen LogP contribution in [0.2, 0.25) is 5.02 Å². The number of benzene rings is 2. The Morgan fingerprint density at radius 3 is 2.27 bits per heavy atom. The van der Waals surface area contributed by atoms with Gasteiger partial charge in [0, 0.05) is 10.6 Å². The quantitative estimate of drug-likeness (QED) is 0.695. The Labute approximate surface area is 156 Å². The van der Waals surface area contributed by atoms with E-state index in [0.717, 1.165) is 54.8 Å². The van der Waals surface area contributed by atoms with Crippen LogP contribution in [0.5, 0.6) is 0 Å². The number of hydrogen-bond acceptors (Lipinski definition) is 1. The van der Waals surface area contributed by atoms with Crippen molar-refractivity contribution in [2.24, 2.45) is 0 Å². The van der Waals surface area contributed by atoms with Crippen molar-refractivity contribution in [2.75, 3.05) is 38.0 Å². The molecule has 0 spiro atoms. The largest absolute Gasteiger partial charge is 0.322 e. The van der Waals surface area contributed by atoms with E-state index in [1.165, 1.54) is 16.5 Å². The molecule has 0 saturated carbocycles. The van der Waals surface area contributed by atoms with E-state index >= 15 is 0 Å². The molecular formula is C19H22ClF2N3O+2. The number of rotatable bonds is 5. The van der Waals surface area contributed by atoms with Gasteiger partial charge in [-0.25, -0.2) is 8.78 Å². The number of amides is 1. The number of hydrogen-bond donors (Lipinski definition) is 3. The van der Waals surface area contributed by atoms with Crippen LogP contribution in [0.15, 0.2) is 42.5 Å². The molecule has 0 radical (unpaired) electrons. The Morgan fingerprint density at radius 1 is 1.00 bits per heavy atom. The molecule has 1 aliphatic rings. The average molecular weight is 382 g/mol. The molecule has 0 unspecified atom stereocenters. The summed E-state index contributed by atoms with van der Waals surface area (Å²) in [6, 6.07) is 11.4. The SMILES string of the molecule is O=C(C[NH+]1CC[NH+](Cc2cccc(Cl)c2)CC1)Nc1c(F)cccc1F. The topological polar surface area (TPSA) is 38.0 Å². The monoisotopic (exact) mass is 381 g/mol. The molecule has 138 valence electrons. The summed E-state index contributed by atoms with van der Waals surface area (Å²) in [5, 5.41) is 3.09. The first-order valence-corrected chi connectivity index (χ1v) is 9.04. The first-order valence-electron chi connectivity index (χ1n) is 8.66. The van der Waals surface area contributed by atoms with Gasteiger partial charge >= 0.3 is 0 Å². The second-order valence-electron chi connectivity index (χ2n) is 6.63. The van der Waals surface area contributed by atoms with Gasteiger partial charge in [-0.1, -0.05) is 29.8 Å². The molecule has 3 rings (SSSR count). The van der Waals surface area contributed by atoms with Crippen LogP contribution in [0.4, 0.5) is 14.5 Å². The molecule has 4 nitrogen and oxygen atoms in total. The number of quaternary nitrogens is 2. The molecule has 0 aromatic heterocycles. The molecule has 1 saturated heterocycles. The minimum atomic E-state index is -0.760. The highest BCUT2D eigenvalue weighted by Crippen LogP contribution is 2.17. The number of carbonyl (C=O) groups is 1. The van der Waals surface area contributed by atoms with Crippen LogP contribution in [0, 0.1) is 11.6 Å². The Kier molecular flexibility index (Phi) is 6.19. The molecule has 0 aliphatic carbocycles. The molecule has 7 heteroatoms. The lowest BCUT2D eigenvalue weighted by Gasteiger charge is -2.29. The molecule has 0 bridgehead atoms. The smallest absolute Gasteiger partial charge is 0.279 e. The summed E-state index contributed by atoms with van der Waals surface area (Å²) >= 11 is 6.02. The fraction of sp³-hybridized carbons (Fsp3) is 0.316. The molecule has 1 amide bonds. The lowest BCUT2D eigenvalue weighted by atomic mass is 10.2. The van der Waals surface area contributed by atoms with Crippen LogP contribution in [0.1, 0.15) is 5.56 Å². The third-order valence-corrected chi connectivity index (χ3v) is 4.88. The van der Waals surface area contributed by atoms with E-state index in [4.69, 9.17) is 11.6 Å². The third kappa shape index (κ3) is 5.00. The lowest BCUT2D eigenvalue weighted by molar-refractivity contribution is -1.02. The predicted octanol–water partition coefficient (Wildman–Crippen LogP) is 0.540. The highest BCUT2D eigenvalue weighted by atomic mass is 35.5. The van der Waals surface area contributed by atoms with Gasteiger partial charge in [0.05, 0.1) is 0 Å². The van der Waals surface area contributed by atoms with Gasteiger partial charge < -0.3 is 15.1 Å². The number of piperazine rings is 1. The fourth-order valence-electron chi connectivity index (χ4n) is 3.27. The summed E-state index contributed by atoms with van der Waals surface area (Å²) < 4.78 is 27.2. The van der Waals surface area contributed by atoms with Crippen LogP contribution in [-0.4, -0.2) is 38.6 Å². The zero-order valence-corrected chi connectivity index (χ0v) is 15.1. The van der Waals surface area contributed by atoms with Crippen molar-refractivity contribution in [3.05, 3.63) is 64.7 Å². The minimum absolute atomic E-state index is 0.207. The molecule has 0 atom stereocenters. The molecule has 1 aliphatic heterocycles. The Bertz CT molecular complexity index is 759. The standard InChI is InChI=1S/C19H20ClF2N3O/c20-15-4-1-3-14(11-15)12-24-7-9-25(10-8-24)13-18(26)23-19-16(21)5-2-6-17(19)22/h1-6,11H,7-10,12-13H2,(H,23,26)/p+2. The first-order chi connectivity index (χ1) is 12.5. The second kappa shape index (κ2) is 8.58. The molecule has 26 heavy (non-hydrogen) atoms. The number of nitrogens with one attached hydrogen (secondary N) is 3. The van der Waals surface area contributed by atoms with Crippen LogP contribution in [0.25, 0.3) is 0 Å². The van der Waals surface area contributed by atoms with Crippen molar-refractivity contribution in [1.82, 2.24) is 0 Å². The molecule has 3 N–H and O–H groups in total. The highest BCUT2D eigenvalue weighted by Gasteiger charge is 2.25. The van der Waals surface area contributed by atoms with Gasteiger partial charge in [-0.05, 0) is 24.3 Å². The maximum absolute atomic E-state index is 13.6. The predicted molar refractivity (Wildman–Crippen MR) is 96.4 cm³/mol. The van der Waals surface area contributed by atoms with E-state index in [1.54, 1.807) is 0 Å². The van der Waals surface area contributed by atoms with Crippen LogP contribution in [0.3, 0.4) is 0 Å². The normalized spacial score (nSPS) is 20.0. The molecule has 1 heterocycles. The van der Waals surface area contributed by atoms with Gasteiger partial charge in [-0.15, -0.1) is 0 Å². The lowest BCUT2D eigenvalue weighted by Crippen LogP contribution is -3.28. The summed E-state index contributed by atoms with van der Waals surface area (Å²) in [5.41, 5.74) is 0.825. The van der Waals surface area contributed by atoms with Gasteiger partial charge in [0.2, 0.25) is 0 Å². The number of halogens is 3. The number of carbonyl (C=O) groups excluding carboxylic acids is 1. The summed E-state index contributed by atoms with van der Waals surface area (Å²) in [5.74, 6) is -1.89. The number of anilines is 1. The highest BCUT2D eigenvalue weighted by molar-refractivity contribution is 6.30. The van der Waals surface area contributed by atoms with Gasteiger partial charge in [0.15, 0.2) is 6.54 Å². The maximum atomic E-state index is 13.6. The zero-order valence-electron chi connectivity index (χ0n) is 14.3. The van der Waals surface area contributed by atoms with E-state index in [2.05, 4.69) is 11.4 Å². The van der Waals surface area contributed by atoms with E-state index in [9.17, 15) is 13.6 Å². The van der Waals surface area contributed by atoms with Crippen LogP contribution in [-0.2, 0) is 11.3 Å². The maximum Gasteiger partial charge on any atom is 0.279 e. The van der Waals surface area contributed by atoms with Crippen molar-refractivity contribution < 1.29 is 23.4 Å². The third-order valence-electron chi connectivity index (χ3n) is 4.65. The van der Waals surface area contributed by atoms with Crippen LogP contribution < -0.4 is 15.1 Å². The van der Waals surface area contributed by atoms with Crippen molar-refractivity contribution in [3.63, 3.8) is 0 Å². The van der Waals surface area contributed by atoms with Gasteiger partial charge in [0.1, 0.15) is 50.0 Å².